The lowest BCUT2D eigenvalue weighted by atomic mass is 9.52. The number of allylic oxidation sites excluding steroid dienone is 1. The SMILES string of the molecule is CC1=C2C[C@H]3C(CC[C@@H]4C[C@@H](NS(C)(=O)=O)CC[C@@]43C)[C@@H]2CC[C@@]2(C1)O[C@@H]1C[C@H](C)CN[C@H]1[C@H]2C. The normalized spacial score (nSPS) is 52.0. The van der Waals surface area contributed by atoms with E-state index in [1.807, 2.05) is 0 Å². The van der Waals surface area contributed by atoms with E-state index in [0.717, 1.165) is 43.6 Å². The number of ether oxygens (including phenoxy) is 1. The van der Waals surface area contributed by atoms with Crippen LogP contribution in [-0.4, -0.2) is 45.0 Å². The molecule has 6 rings (SSSR count). The van der Waals surface area contributed by atoms with Crippen molar-refractivity contribution in [2.45, 2.75) is 116 Å². The second-order valence-corrected chi connectivity index (χ2v) is 15.8. The van der Waals surface area contributed by atoms with Crippen LogP contribution < -0.4 is 10.0 Å². The van der Waals surface area contributed by atoms with Gasteiger partial charge in [-0.25, -0.2) is 13.1 Å². The number of nitrogens with one attached hydrogen (secondary N) is 2. The molecule has 2 saturated heterocycles. The largest absolute Gasteiger partial charge is 0.369 e. The summed E-state index contributed by atoms with van der Waals surface area (Å²) in [6.07, 6.45) is 13.6. The zero-order chi connectivity index (χ0) is 24.8. The van der Waals surface area contributed by atoms with Crippen LogP contribution in [-0.2, 0) is 14.8 Å². The van der Waals surface area contributed by atoms with Gasteiger partial charge in [0.25, 0.3) is 0 Å². The number of hydrogen-bond donors (Lipinski definition) is 2. The highest BCUT2D eigenvalue weighted by molar-refractivity contribution is 7.88. The predicted molar refractivity (Wildman–Crippen MR) is 140 cm³/mol. The minimum Gasteiger partial charge on any atom is -0.369 e. The van der Waals surface area contributed by atoms with E-state index in [1.54, 1.807) is 11.1 Å². The Morgan fingerprint density at radius 1 is 1.09 bits per heavy atom. The molecule has 0 aromatic heterocycles. The average molecular weight is 505 g/mol. The molecule has 11 atom stereocenters. The molecule has 5 fully saturated rings. The Bertz CT molecular complexity index is 994. The molecular weight excluding hydrogens is 456 g/mol. The van der Waals surface area contributed by atoms with E-state index in [9.17, 15) is 8.42 Å². The topological polar surface area (TPSA) is 67.4 Å². The first-order chi connectivity index (χ1) is 16.5. The molecule has 0 aromatic carbocycles. The first kappa shape index (κ1) is 24.9. The van der Waals surface area contributed by atoms with Crippen LogP contribution in [0.3, 0.4) is 0 Å². The molecule has 0 bridgehead atoms. The van der Waals surface area contributed by atoms with Gasteiger partial charge in [0.15, 0.2) is 0 Å². The second kappa shape index (κ2) is 8.54. The third kappa shape index (κ3) is 4.08. The Morgan fingerprint density at radius 2 is 1.89 bits per heavy atom. The molecular formula is C29H48N2O3S. The molecule has 2 heterocycles. The van der Waals surface area contributed by atoms with Crippen molar-refractivity contribution in [1.29, 1.82) is 0 Å². The fourth-order valence-corrected chi connectivity index (χ4v) is 11.1. The zero-order valence-corrected chi connectivity index (χ0v) is 23.4. The highest BCUT2D eigenvalue weighted by Crippen LogP contribution is 2.65. The maximum absolute atomic E-state index is 11.9. The van der Waals surface area contributed by atoms with Crippen molar-refractivity contribution in [3.05, 3.63) is 11.1 Å². The Hall–Kier alpha value is -0.430. The summed E-state index contributed by atoms with van der Waals surface area (Å²) in [6, 6.07) is 0.660. The standard InChI is InChI=1S/C29H48N2O3S/c1-17-12-26-27(30-16-17)19(3)29(34-26)11-9-22-23-7-6-20-13-21(31-35(5,32)33)8-10-28(20,4)25(23)14-24(22)18(2)15-29/h17,19-23,25-27,30-31H,6-16H2,1-5H3/t17-,19+,20+,21-,22-,23?,25-,26+,27-,28-,29-/m0/s1. The van der Waals surface area contributed by atoms with Crippen molar-refractivity contribution in [2.75, 3.05) is 12.8 Å². The van der Waals surface area contributed by atoms with Crippen LogP contribution >= 0.6 is 0 Å². The Morgan fingerprint density at radius 3 is 2.66 bits per heavy atom. The van der Waals surface area contributed by atoms with Gasteiger partial charge in [0, 0.05) is 18.0 Å². The Labute approximate surface area is 213 Å². The van der Waals surface area contributed by atoms with Crippen LogP contribution in [0.4, 0.5) is 0 Å². The van der Waals surface area contributed by atoms with Crippen molar-refractivity contribution >= 4 is 10.0 Å². The summed E-state index contributed by atoms with van der Waals surface area (Å²) in [5.74, 6) is 4.28. The van der Waals surface area contributed by atoms with Crippen molar-refractivity contribution in [1.82, 2.24) is 10.0 Å². The molecule has 6 heteroatoms. The summed E-state index contributed by atoms with van der Waals surface area (Å²) in [5, 5.41) is 3.85. The van der Waals surface area contributed by atoms with Gasteiger partial charge in [0.2, 0.25) is 10.0 Å². The highest BCUT2D eigenvalue weighted by Gasteiger charge is 2.59. The van der Waals surface area contributed by atoms with Gasteiger partial charge in [0.05, 0.1) is 18.0 Å². The van der Waals surface area contributed by atoms with Gasteiger partial charge in [-0.15, -0.1) is 0 Å². The van der Waals surface area contributed by atoms with Gasteiger partial charge in [-0.2, -0.15) is 0 Å². The van der Waals surface area contributed by atoms with Gasteiger partial charge < -0.3 is 10.1 Å². The minimum atomic E-state index is -3.13. The Kier molecular flexibility index (Phi) is 6.07. The first-order valence-electron chi connectivity index (χ1n) is 14.6. The van der Waals surface area contributed by atoms with Crippen LogP contribution in [0.15, 0.2) is 11.1 Å². The van der Waals surface area contributed by atoms with E-state index in [4.69, 9.17) is 4.74 Å². The second-order valence-electron chi connectivity index (χ2n) is 14.0. The van der Waals surface area contributed by atoms with Gasteiger partial charge in [0.1, 0.15) is 0 Å². The average Bonchev–Trinajstić information content (AvgIpc) is 3.23. The van der Waals surface area contributed by atoms with Crippen LogP contribution in [0.2, 0.25) is 0 Å². The molecule has 3 saturated carbocycles. The fraction of sp³-hybridized carbons (Fsp3) is 0.931. The zero-order valence-electron chi connectivity index (χ0n) is 22.6. The lowest BCUT2D eigenvalue weighted by Gasteiger charge is -2.54. The summed E-state index contributed by atoms with van der Waals surface area (Å²) in [5.41, 5.74) is 3.83. The van der Waals surface area contributed by atoms with E-state index in [2.05, 4.69) is 37.7 Å². The quantitative estimate of drug-likeness (QED) is 0.518. The Balaban J connectivity index is 1.22. The van der Waals surface area contributed by atoms with Crippen LogP contribution in [0, 0.1) is 40.9 Å². The van der Waals surface area contributed by atoms with E-state index in [0.29, 0.717) is 35.3 Å². The molecule has 1 spiro atoms. The summed E-state index contributed by atoms with van der Waals surface area (Å²) in [4.78, 5) is 0. The molecule has 35 heavy (non-hydrogen) atoms. The maximum Gasteiger partial charge on any atom is 0.208 e. The van der Waals surface area contributed by atoms with Gasteiger partial charge >= 0.3 is 0 Å². The molecule has 198 valence electrons. The predicted octanol–water partition coefficient (Wildman–Crippen LogP) is 5.03. The molecule has 1 unspecified atom stereocenters. The smallest absolute Gasteiger partial charge is 0.208 e. The molecule has 2 N–H and O–H groups in total. The lowest BCUT2D eigenvalue weighted by Crippen LogP contribution is -2.50. The van der Waals surface area contributed by atoms with Gasteiger partial charge in [-0.3, -0.25) is 0 Å². The summed E-state index contributed by atoms with van der Waals surface area (Å²) in [7, 11) is -3.13. The first-order valence-corrected chi connectivity index (χ1v) is 16.5. The third-order valence-electron chi connectivity index (χ3n) is 12.0. The monoisotopic (exact) mass is 504 g/mol. The van der Waals surface area contributed by atoms with Crippen molar-refractivity contribution in [2.24, 2.45) is 40.9 Å². The van der Waals surface area contributed by atoms with E-state index >= 15 is 0 Å². The van der Waals surface area contributed by atoms with Crippen molar-refractivity contribution in [3.8, 4) is 0 Å². The van der Waals surface area contributed by atoms with Gasteiger partial charge in [-0.05, 0) is 113 Å². The van der Waals surface area contributed by atoms with Crippen molar-refractivity contribution in [3.63, 3.8) is 0 Å². The molecule has 0 amide bonds. The fourth-order valence-electron chi connectivity index (χ4n) is 10.2. The lowest BCUT2D eigenvalue weighted by molar-refractivity contribution is -0.0746. The summed E-state index contributed by atoms with van der Waals surface area (Å²) >= 11 is 0. The van der Waals surface area contributed by atoms with Crippen LogP contribution in [0.25, 0.3) is 0 Å². The number of sulfonamides is 1. The minimum absolute atomic E-state index is 0.0276. The van der Waals surface area contributed by atoms with E-state index in [1.165, 1.54) is 51.2 Å². The van der Waals surface area contributed by atoms with Crippen molar-refractivity contribution < 1.29 is 13.2 Å². The van der Waals surface area contributed by atoms with Crippen LogP contribution in [0.1, 0.15) is 91.9 Å². The summed E-state index contributed by atoms with van der Waals surface area (Å²) in [6.45, 7) is 11.0. The molecule has 5 nitrogen and oxygen atoms in total. The van der Waals surface area contributed by atoms with Gasteiger partial charge in [-0.1, -0.05) is 31.9 Å². The number of piperidine rings is 1. The number of rotatable bonds is 2. The van der Waals surface area contributed by atoms with E-state index in [-0.39, 0.29) is 11.6 Å². The number of hydrogen-bond acceptors (Lipinski definition) is 4. The molecule has 2 aliphatic heterocycles. The van der Waals surface area contributed by atoms with E-state index < -0.39 is 10.0 Å². The number of fused-ring (bicyclic) bond motifs is 6. The molecule has 6 aliphatic rings. The molecule has 0 radical (unpaired) electrons. The summed E-state index contributed by atoms with van der Waals surface area (Å²) < 4.78 is 33.7. The molecule has 4 aliphatic carbocycles. The molecule has 0 aromatic rings. The third-order valence-corrected chi connectivity index (χ3v) is 12.8. The van der Waals surface area contributed by atoms with Crippen LogP contribution in [0.5, 0.6) is 0 Å². The maximum atomic E-state index is 11.9. The highest BCUT2D eigenvalue weighted by atomic mass is 32.2.